The molecule has 28 heavy (non-hydrogen) atoms. The summed E-state index contributed by atoms with van der Waals surface area (Å²) < 4.78 is 5.76. The zero-order chi connectivity index (χ0) is 20.0. The molecular weight excluding hydrogens is 348 g/mol. The highest BCUT2D eigenvalue weighted by Gasteiger charge is 2.13. The molecule has 2 aromatic carbocycles. The summed E-state index contributed by atoms with van der Waals surface area (Å²) in [4.78, 5) is 24.5. The van der Waals surface area contributed by atoms with Gasteiger partial charge in [-0.15, -0.1) is 0 Å². The number of benzene rings is 2. The Balaban J connectivity index is 1.65. The molecule has 0 N–H and O–H groups in total. The third-order valence-corrected chi connectivity index (χ3v) is 4.86. The molecule has 0 unspecified atom stereocenters. The van der Waals surface area contributed by atoms with E-state index in [1.165, 1.54) is 44.9 Å². The van der Waals surface area contributed by atoms with Crippen molar-refractivity contribution in [3.8, 4) is 5.75 Å². The average molecular weight is 381 g/mol. The van der Waals surface area contributed by atoms with E-state index in [9.17, 15) is 9.59 Å². The standard InChI is InChI=1S/C25H32O3/c1-2-3-4-5-6-7-8-12-19-28-23-17-15-22(16-18-23)25(27)20-24(26)21-13-10-9-11-14-21/h9-11,13-18H,2-8,12,19-20H2,1H3. The summed E-state index contributed by atoms with van der Waals surface area (Å²) >= 11 is 0. The summed E-state index contributed by atoms with van der Waals surface area (Å²) in [6, 6.07) is 16.0. The monoisotopic (exact) mass is 380 g/mol. The number of carbonyl (C=O) groups is 2. The minimum Gasteiger partial charge on any atom is -0.494 e. The quantitative estimate of drug-likeness (QED) is 0.209. The number of ether oxygens (including phenoxy) is 1. The Morgan fingerprint density at radius 1 is 0.679 bits per heavy atom. The molecule has 0 saturated heterocycles. The lowest BCUT2D eigenvalue weighted by Gasteiger charge is -2.07. The lowest BCUT2D eigenvalue weighted by atomic mass is 10.0. The highest BCUT2D eigenvalue weighted by molar-refractivity contribution is 6.13. The van der Waals surface area contributed by atoms with Crippen LogP contribution in [0.5, 0.6) is 5.75 Å². The predicted octanol–water partition coefficient (Wildman–Crippen LogP) is 6.66. The van der Waals surface area contributed by atoms with Gasteiger partial charge in [0.1, 0.15) is 5.75 Å². The minimum atomic E-state index is -0.163. The lowest BCUT2D eigenvalue weighted by molar-refractivity contribution is 0.0894. The SMILES string of the molecule is CCCCCCCCCCOc1ccc(C(=O)CC(=O)c2ccccc2)cc1. The first-order valence-electron chi connectivity index (χ1n) is 10.5. The molecule has 0 aliphatic carbocycles. The topological polar surface area (TPSA) is 43.4 Å². The third kappa shape index (κ3) is 8.08. The van der Waals surface area contributed by atoms with Crippen LogP contribution in [0.3, 0.4) is 0 Å². The van der Waals surface area contributed by atoms with Crippen LogP contribution in [0.15, 0.2) is 54.6 Å². The zero-order valence-electron chi connectivity index (χ0n) is 17.0. The van der Waals surface area contributed by atoms with Crippen molar-refractivity contribution >= 4 is 11.6 Å². The second-order valence-electron chi connectivity index (χ2n) is 7.24. The summed E-state index contributed by atoms with van der Waals surface area (Å²) in [6.07, 6.45) is 10.1. The second-order valence-corrected chi connectivity index (χ2v) is 7.24. The lowest BCUT2D eigenvalue weighted by Crippen LogP contribution is -2.08. The van der Waals surface area contributed by atoms with Gasteiger partial charge in [-0.05, 0) is 30.7 Å². The molecule has 3 heteroatoms. The van der Waals surface area contributed by atoms with Crippen molar-refractivity contribution in [3.63, 3.8) is 0 Å². The Bertz CT molecular complexity index is 704. The van der Waals surface area contributed by atoms with Crippen LogP contribution in [0.4, 0.5) is 0 Å². The fourth-order valence-corrected chi connectivity index (χ4v) is 3.14. The number of hydrogen-bond donors (Lipinski definition) is 0. The van der Waals surface area contributed by atoms with Gasteiger partial charge in [0.2, 0.25) is 0 Å². The number of ketones is 2. The number of carbonyl (C=O) groups excluding carboxylic acids is 2. The molecule has 0 fully saturated rings. The van der Waals surface area contributed by atoms with Gasteiger partial charge in [-0.25, -0.2) is 0 Å². The Labute approximate surface area is 169 Å². The molecule has 0 spiro atoms. The Kier molecular flexibility index (Phi) is 10.1. The van der Waals surface area contributed by atoms with Crippen molar-refractivity contribution < 1.29 is 14.3 Å². The minimum absolute atomic E-state index is 0.109. The van der Waals surface area contributed by atoms with Crippen molar-refractivity contribution in [2.45, 2.75) is 64.7 Å². The van der Waals surface area contributed by atoms with Crippen molar-refractivity contribution in [2.75, 3.05) is 6.61 Å². The van der Waals surface area contributed by atoms with E-state index in [0.29, 0.717) is 17.7 Å². The molecule has 2 rings (SSSR count). The molecule has 0 aliphatic rings. The van der Waals surface area contributed by atoms with Gasteiger partial charge in [0.15, 0.2) is 11.6 Å². The van der Waals surface area contributed by atoms with E-state index in [0.717, 1.165) is 12.2 Å². The van der Waals surface area contributed by atoms with Crippen LogP contribution < -0.4 is 4.74 Å². The molecule has 150 valence electrons. The van der Waals surface area contributed by atoms with E-state index >= 15 is 0 Å². The molecule has 0 atom stereocenters. The molecule has 0 heterocycles. The molecule has 0 amide bonds. The number of hydrogen-bond acceptors (Lipinski definition) is 3. The van der Waals surface area contributed by atoms with Gasteiger partial charge >= 0.3 is 0 Å². The van der Waals surface area contributed by atoms with Crippen LogP contribution in [0.1, 0.15) is 85.4 Å². The zero-order valence-corrected chi connectivity index (χ0v) is 17.0. The van der Waals surface area contributed by atoms with E-state index in [1.807, 2.05) is 18.2 Å². The van der Waals surface area contributed by atoms with Crippen LogP contribution >= 0.6 is 0 Å². The molecule has 0 aliphatic heterocycles. The van der Waals surface area contributed by atoms with Crippen molar-refractivity contribution in [1.29, 1.82) is 0 Å². The Morgan fingerprint density at radius 2 is 1.21 bits per heavy atom. The summed E-state index contributed by atoms with van der Waals surface area (Å²) in [6.45, 7) is 2.94. The summed E-state index contributed by atoms with van der Waals surface area (Å²) in [5, 5.41) is 0. The van der Waals surface area contributed by atoms with Crippen molar-refractivity contribution in [1.82, 2.24) is 0 Å². The van der Waals surface area contributed by atoms with Crippen LogP contribution in [0.25, 0.3) is 0 Å². The Morgan fingerprint density at radius 3 is 1.82 bits per heavy atom. The molecule has 2 aromatic rings. The van der Waals surface area contributed by atoms with E-state index in [-0.39, 0.29) is 18.0 Å². The van der Waals surface area contributed by atoms with Gasteiger partial charge < -0.3 is 4.74 Å². The maximum Gasteiger partial charge on any atom is 0.170 e. The van der Waals surface area contributed by atoms with Crippen LogP contribution in [-0.2, 0) is 0 Å². The first kappa shape index (κ1) is 21.9. The predicted molar refractivity (Wildman–Crippen MR) is 114 cm³/mol. The van der Waals surface area contributed by atoms with E-state index in [1.54, 1.807) is 36.4 Å². The fourth-order valence-electron chi connectivity index (χ4n) is 3.14. The largest absolute Gasteiger partial charge is 0.494 e. The number of unbranched alkanes of at least 4 members (excludes halogenated alkanes) is 7. The van der Waals surface area contributed by atoms with Gasteiger partial charge in [-0.3, -0.25) is 9.59 Å². The highest BCUT2D eigenvalue weighted by atomic mass is 16.5. The van der Waals surface area contributed by atoms with Crippen LogP contribution in [0, 0.1) is 0 Å². The van der Waals surface area contributed by atoms with Crippen LogP contribution in [0.2, 0.25) is 0 Å². The average Bonchev–Trinajstić information content (AvgIpc) is 2.73. The van der Waals surface area contributed by atoms with E-state index in [4.69, 9.17) is 4.74 Å². The molecule has 0 saturated carbocycles. The Hall–Kier alpha value is -2.42. The van der Waals surface area contributed by atoms with Gasteiger partial charge in [-0.2, -0.15) is 0 Å². The molecular formula is C25H32O3. The van der Waals surface area contributed by atoms with Crippen LogP contribution in [-0.4, -0.2) is 18.2 Å². The third-order valence-electron chi connectivity index (χ3n) is 4.86. The fraction of sp³-hybridized carbons (Fsp3) is 0.440. The maximum atomic E-state index is 12.3. The summed E-state index contributed by atoms with van der Waals surface area (Å²) in [5.41, 5.74) is 1.12. The molecule has 0 bridgehead atoms. The number of Topliss-reactive ketones (excluding diaryl/α,β-unsaturated/α-hetero) is 2. The first-order valence-corrected chi connectivity index (χ1v) is 10.5. The molecule has 0 aromatic heterocycles. The normalized spacial score (nSPS) is 10.6. The maximum absolute atomic E-state index is 12.3. The summed E-state index contributed by atoms with van der Waals surface area (Å²) in [5.74, 6) is 0.456. The highest BCUT2D eigenvalue weighted by Crippen LogP contribution is 2.16. The van der Waals surface area contributed by atoms with Gasteiger partial charge in [0.05, 0.1) is 13.0 Å². The smallest absolute Gasteiger partial charge is 0.170 e. The van der Waals surface area contributed by atoms with Gasteiger partial charge in [-0.1, -0.05) is 82.2 Å². The molecule has 0 radical (unpaired) electrons. The van der Waals surface area contributed by atoms with Gasteiger partial charge in [0.25, 0.3) is 0 Å². The second kappa shape index (κ2) is 12.9. The van der Waals surface area contributed by atoms with E-state index < -0.39 is 0 Å². The van der Waals surface area contributed by atoms with Gasteiger partial charge in [0, 0.05) is 11.1 Å². The first-order chi connectivity index (χ1) is 13.7. The number of rotatable bonds is 14. The van der Waals surface area contributed by atoms with Crippen molar-refractivity contribution in [2.24, 2.45) is 0 Å². The summed E-state index contributed by atoms with van der Waals surface area (Å²) in [7, 11) is 0. The van der Waals surface area contributed by atoms with E-state index in [2.05, 4.69) is 6.92 Å². The molecule has 3 nitrogen and oxygen atoms in total. The van der Waals surface area contributed by atoms with Crippen molar-refractivity contribution in [3.05, 3.63) is 65.7 Å².